The molecule has 32 heavy (non-hydrogen) atoms. The number of furan rings is 1. The molecule has 3 heteroatoms. The van der Waals surface area contributed by atoms with E-state index in [0.717, 1.165) is 38.7 Å². The molecular weight excluding hydrogens is 397 g/mol. The van der Waals surface area contributed by atoms with Crippen LogP contribution in [0.1, 0.15) is 36.5 Å². The lowest BCUT2D eigenvalue weighted by molar-refractivity contribution is -0.660. The van der Waals surface area contributed by atoms with Gasteiger partial charge in [0.25, 0.3) is 0 Å². The first-order valence-corrected chi connectivity index (χ1v) is 11.1. The maximum absolute atomic E-state index is 15.1. The SMILES string of the molecule is Cc1cc[n+](C)c(-c2c(C)ccc3c2oc2c(-c4ccc(C(C)C)cc4)c(F)ccc23)c1. The summed E-state index contributed by atoms with van der Waals surface area (Å²) >= 11 is 0. The smallest absolute Gasteiger partial charge is 0.216 e. The van der Waals surface area contributed by atoms with Gasteiger partial charge < -0.3 is 4.42 Å². The highest BCUT2D eigenvalue weighted by Gasteiger charge is 2.23. The minimum absolute atomic E-state index is 0.270. The number of fused-ring (bicyclic) bond motifs is 3. The molecule has 0 fully saturated rings. The maximum atomic E-state index is 15.1. The highest BCUT2D eigenvalue weighted by Crippen LogP contribution is 2.41. The molecule has 0 bridgehead atoms. The van der Waals surface area contributed by atoms with E-state index in [0.29, 0.717) is 17.1 Å². The zero-order valence-corrected chi connectivity index (χ0v) is 19.2. The van der Waals surface area contributed by atoms with Crippen molar-refractivity contribution in [2.24, 2.45) is 7.05 Å². The molecule has 2 heterocycles. The van der Waals surface area contributed by atoms with Crippen LogP contribution in [0.15, 0.2) is 71.3 Å². The highest BCUT2D eigenvalue weighted by atomic mass is 19.1. The Hall–Kier alpha value is -3.46. The molecule has 0 unspecified atom stereocenters. The van der Waals surface area contributed by atoms with Crippen molar-refractivity contribution in [1.82, 2.24) is 0 Å². The number of benzene rings is 3. The van der Waals surface area contributed by atoms with Crippen molar-refractivity contribution >= 4 is 21.9 Å². The van der Waals surface area contributed by atoms with Gasteiger partial charge in [-0.3, -0.25) is 0 Å². The van der Waals surface area contributed by atoms with Gasteiger partial charge in [0.05, 0.1) is 11.1 Å². The number of hydrogen-bond donors (Lipinski definition) is 0. The Balaban J connectivity index is 1.83. The van der Waals surface area contributed by atoms with Gasteiger partial charge in [-0.2, -0.15) is 0 Å². The molecule has 0 spiro atoms. The van der Waals surface area contributed by atoms with Gasteiger partial charge in [-0.25, -0.2) is 8.96 Å². The molecule has 5 rings (SSSR count). The Bertz CT molecular complexity index is 1480. The van der Waals surface area contributed by atoms with E-state index in [2.05, 4.69) is 74.9 Å². The number of nitrogens with zero attached hydrogens (tertiary/aromatic N) is 1. The van der Waals surface area contributed by atoms with Gasteiger partial charge in [0.2, 0.25) is 5.69 Å². The second kappa shape index (κ2) is 7.59. The Labute approximate surface area is 187 Å². The first-order valence-electron chi connectivity index (χ1n) is 11.1. The van der Waals surface area contributed by atoms with Crippen molar-refractivity contribution in [2.75, 3.05) is 0 Å². The van der Waals surface area contributed by atoms with E-state index in [1.54, 1.807) is 6.07 Å². The van der Waals surface area contributed by atoms with Crippen LogP contribution in [0.3, 0.4) is 0 Å². The Morgan fingerprint density at radius 1 is 0.812 bits per heavy atom. The summed E-state index contributed by atoms with van der Waals surface area (Å²) < 4.78 is 23.8. The molecule has 5 aromatic rings. The van der Waals surface area contributed by atoms with E-state index < -0.39 is 0 Å². The van der Waals surface area contributed by atoms with Crippen LogP contribution in [0.5, 0.6) is 0 Å². The zero-order chi connectivity index (χ0) is 22.6. The normalized spacial score (nSPS) is 11.7. The number of aryl methyl sites for hydroxylation is 3. The van der Waals surface area contributed by atoms with Gasteiger partial charge >= 0.3 is 0 Å². The fourth-order valence-corrected chi connectivity index (χ4v) is 4.52. The molecule has 0 radical (unpaired) electrons. The van der Waals surface area contributed by atoms with Crippen molar-refractivity contribution in [1.29, 1.82) is 0 Å². The topological polar surface area (TPSA) is 17.0 Å². The lowest BCUT2D eigenvalue weighted by Gasteiger charge is -2.08. The number of halogens is 1. The van der Waals surface area contributed by atoms with Crippen LogP contribution >= 0.6 is 0 Å². The quantitative estimate of drug-likeness (QED) is 0.272. The molecule has 0 saturated heterocycles. The lowest BCUT2D eigenvalue weighted by atomic mass is 9.96. The van der Waals surface area contributed by atoms with Crippen LogP contribution in [0.4, 0.5) is 4.39 Å². The fraction of sp³-hybridized carbons (Fsp3) is 0.207. The van der Waals surface area contributed by atoms with Crippen molar-refractivity contribution in [3.05, 3.63) is 89.4 Å². The fourth-order valence-electron chi connectivity index (χ4n) is 4.52. The van der Waals surface area contributed by atoms with Gasteiger partial charge in [-0.05, 0) is 54.2 Å². The molecule has 0 saturated carbocycles. The first-order chi connectivity index (χ1) is 15.3. The van der Waals surface area contributed by atoms with Crippen molar-refractivity contribution in [3.63, 3.8) is 0 Å². The molecule has 3 aromatic carbocycles. The van der Waals surface area contributed by atoms with E-state index in [1.165, 1.54) is 11.1 Å². The molecule has 0 aliphatic carbocycles. The van der Waals surface area contributed by atoms with Gasteiger partial charge in [0, 0.05) is 22.9 Å². The van der Waals surface area contributed by atoms with Crippen LogP contribution in [-0.2, 0) is 7.05 Å². The second-order valence-electron chi connectivity index (χ2n) is 9.01. The molecule has 0 amide bonds. The molecule has 0 atom stereocenters. The summed E-state index contributed by atoms with van der Waals surface area (Å²) in [4.78, 5) is 0. The number of pyridine rings is 1. The van der Waals surface area contributed by atoms with E-state index in [4.69, 9.17) is 4.42 Å². The number of rotatable bonds is 3. The first kappa shape index (κ1) is 20.4. The van der Waals surface area contributed by atoms with E-state index in [9.17, 15) is 0 Å². The third-order valence-electron chi connectivity index (χ3n) is 6.39. The van der Waals surface area contributed by atoms with Crippen LogP contribution in [0, 0.1) is 19.7 Å². The minimum Gasteiger partial charge on any atom is -0.454 e. The van der Waals surface area contributed by atoms with Gasteiger partial charge in [0.1, 0.15) is 24.0 Å². The van der Waals surface area contributed by atoms with Crippen LogP contribution in [0.25, 0.3) is 44.3 Å². The van der Waals surface area contributed by atoms with Crippen molar-refractivity contribution < 1.29 is 13.4 Å². The summed E-state index contributed by atoms with van der Waals surface area (Å²) in [5.41, 5.74) is 8.41. The van der Waals surface area contributed by atoms with E-state index in [-0.39, 0.29) is 5.82 Å². The summed E-state index contributed by atoms with van der Waals surface area (Å²) in [5.74, 6) is 0.157. The van der Waals surface area contributed by atoms with Crippen LogP contribution < -0.4 is 4.57 Å². The Morgan fingerprint density at radius 2 is 1.47 bits per heavy atom. The van der Waals surface area contributed by atoms with Crippen LogP contribution in [-0.4, -0.2) is 0 Å². The second-order valence-corrected chi connectivity index (χ2v) is 9.01. The average molecular weight is 425 g/mol. The molecule has 0 aliphatic heterocycles. The average Bonchev–Trinajstić information content (AvgIpc) is 3.14. The standard InChI is InChI=1S/C29H27FNO/c1-17(2)20-7-9-21(10-8-20)27-24(30)13-12-23-22-11-6-19(4)26(28(22)32-29(23)27)25-16-18(3)14-15-31(25)5/h6-17H,1-5H3/q+1. The Morgan fingerprint density at radius 3 is 2.16 bits per heavy atom. The molecular formula is C29H27FNO+. The monoisotopic (exact) mass is 424 g/mol. The van der Waals surface area contributed by atoms with E-state index in [1.807, 2.05) is 25.2 Å². The summed E-state index contributed by atoms with van der Waals surface area (Å²) in [6.07, 6.45) is 2.06. The summed E-state index contributed by atoms with van der Waals surface area (Å²) in [6, 6.07) is 20.0. The zero-order valence-electron chi connectivity index (χ0n) is 19.2. The summed E-state index contributed by atoms with van der Waals surface area (Å²) in [5, 5.41) is 1.93. The highest BCUT2D eigenvalue weighted by molar-refractivity contribution is 6.13. The van der Waals surface area contributed by atoms with Gasteiger partial charge in [-0.15, -0.1) is 0 Å². The van der Waals surface area contributed by atoms with Crippen LogP contribution in [0.2, 0.25) is 0 Å². The molecule has 0 N–H and O–H groups in total. The number of aromatic nitrogens is 1. The molecule has 2 aromatic heterocycles. The van der Waals surface area contributed by atoms with Crippen molar-refractivity contribution in [3.8, 4) is 22.4 Å². The summed E-state index contributed by atoms with van der Waals surface area (Å²) in [7, 11) is 2.04. The third kappa shape index (κ3) is 3.20. The molecule has 2 nitrogen and oxygen atoms in total. The minimum atomic E-state index is -0.270. The predicted molar refractivity (Wildman–Crippen MR) is 129 cm³/mol. The molecule has 0 aliphatic rings. The predicted octanol–water partition coefficient (Wildman–Crippen LogP) is 7.62. The number of hydrogen-bond acceptors (Lipinski definition) is 1. The van der Waals surface area contributed by atoms with Crippen molar-refractivity contribution in [2.45, 2.75) is 33.6 Å². The molecule has 160 valence electrons. The summed E-state index contributed by atoms with van der Waals surface area (Å²) in [6.45, 7) is 8.50. The Kier molecular flexibility index (Phi) is 4.85. The van der Waals surface area contributed by atoms with Gasteiger partial charge in [-0.1, -0.05) is 50.2 Å². The van der Waals surface area contributed by atoms with Gasteiger partial charge in [0.15, 0.2) is 6.20 Å². The largest absolute Gasteiger partial charge is 0.454 e. The van der Waals surface area contributed by atoms with E-state index >= 15 is 4.39 Å². The lowest BCUT2D eigenvalue weighted by Crippen LogP contribution is -2.30. The maximum Gasteiger partial charge on any atom is 0.216 e. The third-order valence-corrected chi connectivity index (χ3v) is 6.39.